The Morgan fingerprint density at radius 2 is 1.95 bits per heavy atom. The molecule has 20 heavy (non-hydrogen) atoms. The maximum atomic E-state index is 11.9. The summed E-state index contributed by atoms with van der Waals surface area (Å²) in [5, 5.41) is 6.25. The number of rotatable bonds is 7. The molecule has 0 unspecified atom stereocenters. The number of hydrogen-bond acceptors (Lipinski definition) is 2. The number of carbonyl (C=O) groups is 1. The van der Waals surface area contributed by atoms with Crippen LogP contribution in [0, 0.1) is 17.8 Å². The lowest BCUT2D eigenvalue weighted by Crippen LogP contribution is -2.33. The third-order valence-corrected chi connectivity index (χ3v) is 4.72. The van der Waals surface area contributed by atoms with Crippen LogP contribution in [0.2, 0.25) is 0 Å². The number of amides is 1. The minimum absolute atomic E-state index is 0.0356. The van der Waals surface area contributed by atoms with Crippen LogP contribution < -0.4 is 10.6 Å². The zero-order chi connectivity index (χ0) is 13.9. The second-order valence-corrected chi connectivity index (χ2v) is 6.94. The largest absolute Gasteiger partial charge is 0.325 e. The minimum Gasteiger partial charge on any atom is -0.325 e. The summed E-state index contributed by atoms with van der Waals surface area (Å²) in [5.41, 5.74) is 0.840. The first-order valence-corrected chi connectivity index (χ1v) is 8.28. The highest BCUT2D eigenvalue weighted by molar-refractivity contribution is 9.10. The molecule has 3 rings (SSSR count). The number of hydrogen-bond donors (Lipinski definition) is 2. The second-order valence-electron chi connectivity index (χ2n) is 6.03. The summed E-state index contributed by atoms with van der Waals surface area (Å²) in [4.78, 5) is 11.9. The van der Waals surface area contributed by atoms with Gasteiger partial charge in [0, 0.05) is 10.2 Å². The van der Waals surface area contributed by atoms with Crippen LogP contribution in [0.1, 0.15) is 25.7 Å². The van der Waals surface area contributed by atoms with Crippen LogP contribution in [-0.2, 0) is 4.79 Å². The van der Waals surface area contributed by atoms with Crippen molar-refractivity contribution in [3.05, 3.63) is 28.7 Å². The van der Waals surface area contributed by atoms with Crippen molar-refractivity contribution in [1.29, 1.82) is 0 Å². The molecule has 0 aliphatic heterocycles. The van der Waals surface area contributed by atoms with Crippen molar-refractivity contribution in [2.75, 3.05) is 18.4 Å². The molecule has 2 aliphatic rings. The summed E-state index contributed by atoms with van der Waals surface area (Å²) in [5.74, 6) is 2.72. The summed E-state index contributed by atoms with van der Waals surface area (Å²) >= 11 is 3.40. The minimum atomic E-state index is 0.0356. The van der Waals surface area contributed by atoms with Gasteiger partial charge in [0.05, 0.1) is 6.54 Å². The summed E-state index contributed by atoms with van der Waals surface area (Å²) in [6.07, 6.45) is 5.58. The maximum absolute atomic E-state index is 11.9. The van der Waals surface area contributed by atoms with Crippen molar-refractivity contribution in [3.8, 4) is 0 Å². The molecular weight excluding hydrogens is 316 g/mol. The zero-order valence-electron chi connectivity index (χ0n) is 11.6. The fraction of sp³-hybridized carbons (Fsp3) is 0.562. The Hall–Kier alpha value is -0.870. The van der Waals surface area contributed by atoms with Crippen molar-refractivity contribution >= 4 is 27.5 Å². The highest BCUT2D eigenvalue weighted by Crippen LogP contribution is 2.48. The Morgan fingerprint density at radius 3 is 2.55 bits per heavy atom. The third-order valence-electron chi connectivity index (χ3n) is 4.23. The Balaban J connectivity index is 1.40. The van der Waals surface area contributed by atoms with Gasteiger partial charge in [-0.05, 0) is 68.2 Å². The van der Waals surface area contributed by atoms with E-state index in [1.807, 2.05) is 24.3 Å². The van der Waals surface area contributed by atoms with Crippen molar-refractivity contribution in [2.45, 2.75) is 25.7 Å². The smallest absolute Gasteiger partial charge is 0.238 e. The van der Waals surface area contributed by atoms with Crippen LogP contribution in [0.5, 0.6) is 0 Å². The number of nitrogens with one attached hydrogen (secondary N) is 2. The first-order valence-electron chi connectivity index (χ1n) is 7.48. The summed E-state index contributed by atoms with van der Waals surface area (Å²) < 4.78 is 0.978. The van der Waals surface area contributed by atoms with E-state index in [1.165, 1.54) is 25.7 Å². The summed E-state index contributed by atoms with van der Waals surface area (Å²) in [7, 11) is 0. The molecule has 2 N–H and O–H groups in total. The molecular formula is C16H21BrN2O. The van der Waals surface area contributed by atoms with Gasteiger partial charge in [-0.15, -0.1) is 0 Å². The van der Waals surface area contributed by atoms with Crippen molar-refractivity contribution in [3.63, 3.8) is 0 Å². The zero-order valence-corrected chi connectivity index (χ0v) is 13.2. The van der Waals surface area contributed by atoms with E-state index in [0.29, 0.717) is 6.54 Å². The van der Waals surface area contributed by atoms with E-state index < -0.39 is 0 Å². The van der Waals surface area contributed by atoms with Crippen LogP contribution in [0.15, 0.2) is 28.7 Å². The normalized spacial score (nSPS) is 18.3. The van der Waals surface area contributed by atoms with Crippen LogP contribution in [0.4, 0.5) is 5.69 Å². The van der Waals surface area contributed by atoms with Gasteiger partial charge >= 0.3 is 0 Å². The van der Waals surface area contributed by atoms with Gasteiger partial charge in [-0.25, -0.2) is 0 Å². The Labute approximate surface area is 128 Å². The predicted molar refractivity (Wildman–Crippen MR) is 84.6 cm³/mol. The molecule has 2 fully saturated rings. The topological polar surface area (TPSA) is 41.1 Å². The van der Waals surface area contributed by atoms with E-state index in [4.69, 9.17) is 0 Å². The average molecular weight is 337 g/mol. The number of halogens is 1. The van der Waals surface area contributed by atoms with Gasteiger partial charge in [0.15, 0.2) is 0 Å². The van der Waals surface area contributed by atoms with E-state index in [0.717, 1.165) is 34.5 Å². The lowest BCUT2D eigenvalue weighted by Gasteiger charge is -2.16. The van der Waals surface area contributed by atoms with Gasteiger partial charge in [-0.1, -0.05) is 22.0 Å². The second kappa shape index (κ2) is 6.27. The van der Waals surface area contributed by atoms with Crippen LogP contribution in [0.3, 0.4) is 0 Å². The highest BCUT2D eigenvalue weighted by atomic mass is 79.9. The van der Waals surface area contributed by atoms with Gasteiger partial charge < -0.3 is 10.6 Å². The van der Waals surface area contributed by atoms with Gasteiger partial charge in [0.2, 0.25) is 5.91 Å². The molecule has 4 heteroatoms. The van der Waals surface area contributed by atoms with E-state index >= 15 is 0 Å². The summed E-state index contributed by atoms with van der Waals surface area (Å²) in [6.45, 7) is 1.41. The predicted octanol–water partition coefficient (Wildman–Crippen LogP) is 3.41. The SMILES string of the molecule is O=C(CNCC(C1CC1)C1CC1)Nc1cccc(Br)c1. The van der Waals surface area contributed by atoms with E-state index in [1.54, 1.807) is 0 Å². The van der Waals surface area contributed by atoms with Crippen LogP contribution >= 0.6 is 15.9 Å². The molecule has 0 saturated heterocycles. The molecule has 2 saturated carbocycles. The van der Waals surface area contributed by atoms with E-state index in [9.17, 15) is 4.79 Å². The molecule has 0 spiro atoms. The molecule has 108 valence electrons. The number of benzene rings is 1. The first-order chi connectivity index (χ1) is 9.72. The van der Waals surface area contributed by atoms with E-state index in [2.05, 4.69) is 26.6 Å². The molecule has 1 aromatic rings. The Morgan fingerprint density at radius 1 is 1.25 bits per heavy atom. The fourth-order valence-electron chi connectivity index (χ4n) is 2.89. The van der Waals surface area contributed by atoms with Gasteiger partial charge in [0.1, 0.15) is 0 Å². The van der Waals surface area contributed by atoms with Crippen LogP contribution in [0.25, 0.3) is 0 Å². The fourth-order valence-corrected chi connectivity index (χ4v) is 3.29. The van der Waals surface area contributed by atoms with Crippen LogP contribution in [-0.4, -0.2) is 19.0 Å². The lowest BCUT2D eigenvalue weighted by molar-refractivity contribution is -0.115. The van der Waals surface area contributed by atoms with Crippen molar-refractivity contribution in [1.82, 2.24) is 5.32 Å². The molecule has 0 radical (unpaired) electrons. The quantitative estimate of drug-likeness (QED) is 0.801. The Kier molecular flexibility index (Phi) is 4.41. The van der Waals surface area contributed by atoms with Gasteiger partial charge in [-0.3, -0.25) is 4.79 Å². The molecule has 1 amide bonds. The monoisotopic (exact) mass is 336 g/mol. The van der Waals surface area contributed by atoms with Gasteiger partial charge in [0.25, 0.3) is 0 Å². The third kappa shape index (κ3) is 4.06. The molecule has 3 nitrogen and oxygen atoms in total. The number of carbonyl (C=O) groups excluding carboxylic acids is 1. The molecule has 1 aromatic carbocycles. The molecule has 0 atom stereocenters. The maximum Gasteiger partial charge on any atom is 0.238 e. The number of anilines is 1. The lowest BCUT2D eigenvalue weighted by atomic mass is 9.98. The van der Waals surface area contributed by atoms with Gasteiger partial charge in [-0.2, -0.15) is 0 Å². The molecule has 2 aliphatic carbocycles. The molecule has 0 bridgehead atoms. The molecule has 0 aromatic heterocycles. The summed E-state index contributed by atoms with van der Waals surface area (Å²) in [6, 6.07) is 7.68. The van der Waals surface area contributed by atoms with Crippen molar-refractivity contribution in [2.24, 2.45) is 17.8 Å². The van der Waals surface area contributed by atoms with E-state index in [-0.39, 0.29) is 5.91 Å². The highest BCUT2D eigenvalue weighted by Gasteiger charge is 2.40. The average Bonchev–Trinajstić information content (AvgIpc) is 3.27. The standard InChI is InChI=1S/C16H21BrN2O/c17-13-2-1-3-14(8-13)19-16(20)10-18-9-15(11-4-5-11)12-6-7-12/h1-3,8,11-12,15,18H,4-7,9-10H2,(H,19,20). The van der Waals surface area contributed by atoms with Crippen molar-refractivity contribution < 1.29 is 4.79 Å². The Bertz CT molecular complexity index is 471. The molecule has 0 heterocycles. The first kappa shape index (κ1) is 14.1.